The zero-order valence-electron chi connectivity index (χ0n) is 10.9. The molecule has 0 radical (unpaired) electrons. The lowest BCUT2D eigenvalue weighted by Gasteiger charge is -2.30. The third-order valence-electron chi connectivity index (χ3n) is 2.59. The highest BCUT2D eigenvalue weighted by Gasteiger charge is 2.16. The lowest BCUT2D eigenvalue weighted by atomic mass is 10.2. The van der Waals surface area contributed by atoms with Gasteiger partial charge in [-0.1, -0.05) is 13.8 Å². The van der Waals surface area contributed by atoms with Gasteiger partial charge in [-0.15, -0.1) is 0 Å². The molecule has 1 heterocycles. The summed E-state index contributed by atoms with van der Waals surface area (Å²) >= 11 is 0. The fourth-order valence-electron chi connectivity index (χ4n) is 1.72. The van der Waals surface area contributed by atoms with E-state index in [9.17, 15) is 0 Å². The minimum Gasteiger partial charge on any atom is -0.380 e. The Bertz CT molecular complexity index is 176. The predicted octanol–water partition coefficient (Wildman–Crippen LogP) is 0.579. The van der Waals surface area contributed by atoms with Crippen molar-refractivity contribution in [1.29, 1.82) is 0 Å². The van der Waals surface area contributed by atoms with Gasteiger partial charge in [0, 0.05) is 32.8 Å². The van der Waals surface area contributed by atoms with E-state index in [-0.39, 0.29) is 0 Å². The van der Waals surface area contributed by atoms with Crippen LogP contribution in [-0.4, -0.2) is 64.1 Å². The van der Waals surface area contributed by atoms with Crippen LogP contribution in [0.25, 0.3) is 0 Å². The van der Waals surface area contributed by atoms with Crippen LogP contribution in [0.5, 0.6) is 0 Å². The Balaban J connectivity index is 1.90. The highest BCUT2D eigenvalue weighted by atomic mass is 16.5. The van der Waals surface area contributed by atoms with Crippen molar-refractivity contribution in [2.75, 3.05) is 53.0 Å². The molecule has 96 valence electrons. The molecule has 16 heavy (non-hydrogen) atoms. The summed E-state index contributed by atoms with van der Waals surface area (Å²) in [5.41, 5.74) is 0. The zero-order chi connectivity index (χ0) is 11.8. The summed E-state index contributed by atoms with van der Waals surface area (Å²) in [5.74, 6) is 0.621. The minimum absolute atomic E-state index is 0.337. The standard InChI is InChI=1S/C12H26N2O2/c1-11(2)10-15-6-4-13-8-12-9-14(3)5-7-16-12/h11-13H,4-10H2,1-3H3. The Labute approximate surface area is 99.3 Å². The molecule has 0 amide bonds. The SMILES string of the molecule is CC(C)COCCNCC1CN(C)CCO1. The van der Waals surface area contributed by atoms with Gasteiger partial charge < -0.3 is 19.7 Å². The van der Waals surface area contributed by atoms with Crippen LogP contribution < -0.4 is 5.32 Å². The van der Waals surface area contributed by atoms with Crippen molar-refractivity contribution in [2.45, 2.75) is 20.0 Å². The van der Waals surface area contributed by atoms with Gasteiger partial charge in [-0.25, -0.2) is 0 Å². The monoisotopic (exact) mass is 230 g/mol. The van der Waals surface area contributed by atoms with Gasteiger partial charge in [0.2, 0.25) is 0 Å². The number of hydrogen-bond donors (Lipinski definition) is 1. The maximum absolute atomic E-state index is 5.65. The first-order chi connectivity index (χ1) is 7.68. The van der Waals surface area contributed by atoms with E-state index in [1.165, 1.54) is 0 Å². The third-order valence-corrected chi connectivity index (χ3v) is 2.59. The van der Waals surface area contributed by atoms with Gasteiger partial charge in [0.1, 0.15) is 0 Å². The number of nitrogens with one attached hydrogen (secondary N) is 1. The Morgan fingerprint density at radius 2 is 2.31 bits per heavy atom. The molecule has 0 aromatic heterocycles. The molecule has 1 aliphatic rings. The maximum atomic E-state index is 5.65. The number of rotatable bonds is 7. The Kier molecular flexibility index (Phi) is 6.96. The summed E-state index contributed by atoms with van der Waals surface area (Å²) in [6, 6.07) is 0. The lowest BCUT2D eigenvalue weighted by Crippen LogP contribution is -2.45. The van der Waals surface area contributed by atoms with E-state index in [4.69, 9.17) is 9.47 Å². The summed E-state index contributed by atoms with van der Waals surface area (Å²) < 4.78 is 11.1. The molecular weight excluding hydrogens is 204 g/mol. The number of nitrogens with zero attached hydrogens (tertiary/aromatic N) is 1. The first kappa shape index (κ1) is 13.9. The van der Waals surface area contributed by atoms with Gasteiger partial charge >= 0.3 is 0 Å². The third kappa shape index (κ3) is 6.43. The second-order valence-corrected chi connectivity index (χ2v) is 4.93. The lowest BCUT2D eigenvalue weighted by molar-refractivity contribution is -0.0188. The Morgan fingerprint density at radius 3 is 3.00 bits per heavy atom. The number of likely N-dealkylation sites (N-methyl/N-ethyl adjacent to an activating group) is 1. The van der Waals surface area contributed by atoms with E-state index in [0.29, 0.717) is 12.0 Å². The molecule has 1 atom stereocenters. The van der Waals surface area contributed by atoms with E-state index in [0.717, 1.165) is 46.0 Å². The molecule has 1 N–H and O–H groups in total. The Hall–Kier alpha value is -0.160. The second-order valence-electron chi connectivity index (χ2n) is 4.93. The van der Waals surface area contributed by atoms with Crippen molar-refractivity contribution >= 4 is 0 Å². The number of morpholine rings is 1. The largest absolute Gasteiger partial charge is 0.380 e. The molecule has 1 saturated heterocycles. The summed E-state index contributed by atoms with van der Waals surface area (Å²) in [4.78, 5) is 2.31. The second kappa shape index (κ2) is 8.01. The molecule has 1 fully saturated rings. The van der Waals surface area contributed by atoms with Crippen molar-refractivity contribution in [3.63, 3.8) is 0 Å². The van der Waals surface area contributed by atoms with Crippen molar-refractivity contribution in [1.82, 2.24) is 10.2 Å². The normalized spacial score (nSPS) is 22.9. The number of hydrogen-bond acceptors (Lipinski definition) is 4. The number of ether oxygens (including phenoxy) is 2. The van der Waals surface area contributed by atoms with Crippen LogP contribution in [-0.2, 0) is 9.47 Å². The van der Waals surface area contributed by atoms with Crippen molar-refractivity contribution in [3.05, 3.63) is 0 Å². The summed E-state index contributed by atoms with van der Waals surface area (Å²) in [6.07, 6.45) is 0.337. The quantitative estimate of drug-likeness (QED) is 0.649. The van der Waals surface area contributed by atoms with Crippen LogP contribution in [0.15, 0.2) is 0 Å². The van der Waals surface area contributed by atoms with Gasteiger partial charge in [0.25, 0.3) is 0 Å². The van der Waals surface area contributed by atoms with Crippen LogP contribution in [0.2, 0.25) is 0 Å². The van der Waals surface area contributed by atoms with Gasteiger partial charge in [-0.3, -0.25) is 0 Å². The van der Waals surface area contributed by atoms with Crippen molar-refractivity contribution in [2.24, 2.45) is 5.92 Å². The van der Waals surface area contributed by atoms with E-state index < -0.39 is 0 Å². The van der Waals surface area contributed by atoms with Crippen LogP contribution in [0.3, 0.4) is 0 Å². The van der Waals surface area contributed by atoms with E-state index in [1.807, 2.05) is 0 Å². The van der Waals surface area contributed by atoms with Gasteiger partial charge in [0.15, 0.2) is 0 Å². The molecule has 4 nitrogen and oxygen atoms in total. The van der Waals surface area contributed by atoms with E-state index in [1.54, 1.807) is 0 Å². The average Bonchev–Trinajstić information content (AvgIpc) is 2.23. The first-order valence-corrected chi connectivity index (χ1v) is 6.27. The summed E-state index contributed by atoms with van der Waals surface area (Å²) in [6.45, 7) is 10.7. The van der Waals surface area contributed by atoms with Crippen molar-refractivity contribution < 1.29 is 9.47 Å². The predicted molar refractivity (Wildman–Crippen MR) is 65.8 cm³/mol. The van der Waals surface area contributed by atoms with Gasteiger partial charge in [-0.05, 0) is 13.0 Å². The molecule has 0 saturated carbocycles. The Morgan fingerprint density at radius 1 is 1.50 bits per heavy atom. The van der Waals surface area contributed by atoms with Crippen LogP contribution >= 0.6 is 0 Å². The molecule has 1 unspecified atom stereocenters. The van der Waals surface area contributed by atoms with E-state index >= 15 is 0 Å². The smallest absolute Gasteiger partial charge is 0.0826 e. The molecule has 0 bridgehead atoms. The average molecular weight is 230 g/mol. The molecule has 1 aliphatic heterocycles. The van der Waals surface area contributed by atoms with E-state index in [2.05, 4.69) is 31.1 Å². The van der Waals surface area contributed by atoms with Gasteiger partial charge in [0.05, 0.1) is 19.3 Å². The topological polar surface area (TPSA) is 33.7 Å². The van der Waals surface area contributed by atoms with Crippen molar-refractivity contribution in [3.8, 4) is 0 Å². The highest BCUT2D eigenvalue weighted by Crippen LogP contribution is 2.01. The fourth-order valence-corrected chi connectivity index (χ4v) is 1.72. The maximum Gasteiger partial charge on any atom is 0.0826 e. The van der Waals surface area contributed by atoms with Gasteiger partial charge in [-0.2, -0.15) is 0 Å². The molecular formula is C12H26N2O2. The molecule has 1 rings (SSSR count). The molecule has 4 heteroatoms. The molecule has 0 aromatic carbocycles. The van der Waals surface area contributed by atoms with Crippen LogP contribution in [0, 0.1) is 5.92 Å². The summed E-state index contributed by atoms with van der Waals surface area (Å²) in [7, 11) is 2.14. The summed E-state index contributed by atoms with van der Waals surface area (Å²) in [5, 5.41) is 3.37. The molecule has 0 spiro atoms. The molecule has 0 aliphatic carbocycles. The van der Waals surface area contributed by atoms with Crippen LogP contribution in [0.1, 0.15) is 13.8 Å². The minimum atomic E-state index is 0.337. The van der Waals surface area contributed by atoms with Crippen LogP contribution in [0.4, 0.5) is 0 Å². The highest BCUT2D eigenvalue weighted by molar-refractivity contribution is 4.70. The first-order valence-electron chi connectivity index (χ1n) is 6.27. The zero-order valence-corrected chi connectivity index (χ0v) is 10.9. The fraction of sp³-hybridized carbons (Fsp3) is 1.00. The molecule has 0 aromatic rings.